The second-order valence-corrected chi connectivity index (χ2v) is 10.6. The lowest BCUT2D eigenvalue weighted by Crippen LogP contribution is -2.39. The molecular weight excluding hydrogens is 376 g/mol. The minimum absolute atomic E-state index is 0.0478. The summed E-state index contributed by atoms with van der Waals surface area (Å²) < 4.78 is 48.4. The number of nitriles is 1. The molecule has 0 heterocycles. The molecule has 7 nitrogen and oxygen atoms in total. The molecule has 1 aromatic rings. The summed E-state index contributed by atoms with van der Waals surface area (Å²) in [5, 5.41) is 11.1. The van der Waals surface area contributed by atoms with Gasteiger partial charge in [-0.1, -0.05) is 12.8 Å². The van der Waals surface area contributed by atoms with Crippen molar-refractivity contribution >= 4 is 25.6 Å². The molecule has 2 atom stereocenters. The summed E-state index contributed by atoms with van der Waals surface area (Å²) in [6.45, 7) is -0.0955. The van der Waals surface area contributed by atoms with Gasteiger partial charge in [0.15, 0.2) is 19.7 Å². The van der Waals surface area contributed by atoms with Crippen LogP contribution in [0.3, 0.4) is 0 Å². The third kappa shape index (κ3) is 5.05. The minimum atomic E-state index is -3.65. The monoisotopic (exact) mass is 398 g/mol. The normalized spacial score (nSPS) is 20.9. The van der Waals surface area contributed by atoms with E-state index in [1.807, 2.05) is 6.07 Å². The Kier molecular flexibility index (Phi) is 6.42. The topological polar surface area (TPSA) is 121 Å². The Balaban J connectivity index is 2.18. The number of hydrogen-bond donors (Lipinski definition) is 1. The molecule has 0 saturated heterocycles. The molecule has 2 rings (SSSR count). The molecule has 1 amide bonds. The van der Waals surface area contributed by atoms with Crippen LogP contribution in [0.2, 0.25) is 0 Å². The van der Waals surface area contributed by atoms with Gasteiger partial charge < -0.3 is 5.32 Å². The van der Waals surface area contributed by atoms with Crippen molar-refractivity contribution in [3.63, 3.8) is 0 Å². The van der Waals surface area contributed by atoms with Gasteiger partial charge >= 0.3 is 0 Å². The molecule has 0 bridgehead atoms. The molecule has 1 fully saturated rings. The van der Waals surface area contributed by atoms with Crippen molar-refractivity contribution in [2.24, 2.45) is 11.8 Å². The molecule has 0 unspecified atom stereocenters. The molecule has 0 radical (unpaired) electrons. The highest BCUT2D eigenvalue weighted by molar-refractivity contribution is 7.91. The van der Waals surface area contributed by atoms with E-state index in [1.165, 1.54) is 24.3 Å². The predicted octanol–water partition coefficient (Wildman–Crippen LogP) is 1.31. The fourth-order valence-electron chi connectivity index (χ4n) is 3.28. The maximum atomic E-state index is 12.7. The van der Waals surface area contributed by atoms with E-state index in [-0.39, 0.29) is 33.9 Å². The van der Waals surface area contributed by atoms with Crippen LogP contribution in [0.25, 0.3) is 0 Å². The molecule has 0 spiro atoms. The Labute approximate surface area is 154 Å². The van der Waals surface area contributed by atoms with Gasteiger partial charge in [0.05, 0.1) is 21.6 Å². The van der Waals surface area contributed by atoms with Crippen molar-refractivity contribution in [2.75, 3.05) is 18.6 Å². The number of nitrogens with zero attached hydrogens (tertiary/aromatic N) is 1. The van der Waals surface area contributed by atoms with Crippen LogP contribution in [0, 0.1) is 23.2 Å². The van der Waals surface area contributed by atoms with E-state index in [9.17, 15) is 21.6 Å². The van der Waals surface area contributed by atoms with Crippen LogP contribution in [0.1, 0.15) is 25.7 Å². The molecule has 0 aromatic heterocycles. The highest BCUT2D eigenvalue weighted by atomic mass is 32.2. The summed E-state index contributed by atoms with van der Waals surface area (Å²) >= 11 is 0. The van der Waals surface area contributed by atoms with Crippen LogP contribution in [0.5, 0.6) is 0 Å². The number of benzene rings is 1. The first kappa shape index (κ1) is 20.4. The molecular formula is C17H22N2O5S2. The lowest BCUT2D eigenvalue weighted by molar-refractivity contribution is -0.127. The van der Waals surface area contributed by atoms with Gasteiger partial charge in [-0.15, -0.1) is 0 Å². The second kappa shape index (κ2) is 8.18. The number of rotatable bonds is 6. The summed E-state index contributed by atoms with van der Waals surface area (Å²) in [6.07, 6.45) is 4.00. The van der Waals surface area contributed by atoms with Gasteiger partial charge in [-0.3, -0.25) is 4.79 Å². The number of sulfone groups is 2. The molecule has 1 aliphatic carbocycles. The van der Waals surface area contributed by atoms with Gasteiger partial charge in [-0.2, -0.15) is 5.26 Å². The van der Waals surface area contributed by atoms with E-state index in [0.29, 0.717) is 12.8 Å². The quantitative estimate of drug-likeness (QED) is 0.721. The third-order valence-corrected chi connectivity index (χ3v) is 7.62. The lowest BCUT2D eigenvalue weighted by Gasteiger charge is -2.30. The molecule has 1 aromatic carbocycles. The first-order chi connectivity index (χ1) is 12.1. The SMILES string of the molecule is CS(=O)(=O)c1ccc(S(=O)(=O)C[C@H]2CCCC[C@@H]2C(=O)NCC#N)cc1. The lowest BCUT2D eigenvalue weighted by atomic mass is 9.80. The van der Waals surface area contributed by atoms with Gasteiger partial charge in [-0.25, -0.2) is 16.8 Å². The zero-order valence-corrected chi connectivity index (χ0v) is 16.1. The van der Waals surface area contributed by atoms with Crippen molar-refractivity contribution in [2.45, 2.75) is 35.5 Å². The van der Waals surface area contributed by atoms with Crippen molar-refractivity contribution in [1.29, 1.82) is 5.26 Å². The van der Waals surface area contributed by atoms with Crippen LogP contribution in [-0.4, -0.2) is 41.3 Å². The Morgan fingerprint density at radius 1 is 1.12 bits per heavy atom. The van der Waals surface area contributed by atoms with E-state index in [1.54, 1.807) is 0 Å². The second-order valence-electron chi connectivity index (χ2n) is 6.55. The number of amides is 1. The third-order valence-electron chi connectivity index (χ3n) is 4.63. The Morgan fingerprint density at radius 2 is 1.69 bits per heavy atom. The van der Waals surface area contributed by atoms with Crippen LogP contribution >= 0.6 is 0 Å². The first-order valence-corrected chi connectivity index (χ1v) is 11.9. The van der Waals surface area contributed by atoms with Gasteiger partial charge in [0.2, 0.25) is 5.91 Å². The largest absolute Gasteiger partial charge is 0.343 e. The van der Waals surface area contributed by atoms with E-state index in [2.05, 4.69) is 5.32 Å². The van der Waals surface area contributed by atoms with Gasteiger partial charge in [0.1, 0.15) is 6.54 Å². The predicted molar refractivity (Wildman–Crippen MR) is 95.7 cm³/mol. The Morgan fingerprint density at radius 3 is 2.27 bits per heavy atom. The highest BCUT2D eigenvalue weighted by Crippen LogP contribution is 2.32. The maximum absolute atomic E-state index is 12.7. The van der Waals surface area contributed by atoms with Crippen molar-refractivity contribution in [3.8, 4) is 6.07 Å². The van der Waals surface area contributed by atoms with Crippen LogP contribution in [-0.2, 0) is 24.5 Å². The van der Waals surface area contributed by atoms with Gasteiger partial charge in [-0.05, 0) is 43.0 Å². The van der Waals surface area contributed by atoms with Gasteiger partial charge in [0.25, 0.3) is 0 Å². The zero-order chi connectivity index (χ0) is 19.4. The van der Waals surface area contributed by atoms with Crippen LogP contribution < -0.4 is 5.32 Å². The Hall–Kier alpha value is -1.92. The molecule has 1 aliphatic rings. The summed E-state index contributed by atoms with van der Waals surface area (Å²) in [7, 11) is -7.04. The van der Waals surface area contributed by atoms with E-state index >= 15 is 0 Å². The molecule has 26 heavy (non-hydrogen) atoms. The maximum Gasteiger partial charge on any atom is 0.224 e. The average Bonchev–Trinajstić information content (AvgIpc) is 2.59. The Bertz CT molecular complexity index is 899. The first-order valence-electron chi connectivity index (χ1n) is 8.32. The molecule has 142 valence electrons. The smallest absolute Gasteiger partial charge is 0.224 e. The number of carbonyl (C=O) groups excluding carboxylic acids is 1. The fourth-order valence-corrected chi connectivity index (χ4v) is 5.62. The minimum Gasteiger partial charge on any atom is -0.343 e. The van der Waals surface area contributed by atoms with Crippen molar-refractivity contribution < 1.29 is 21.6 Å². The van der Waals surface area contributed by atoms with Crippen LogP contribution in [0.4, 0.5) is 0 Å². The fraction of sp³-hybridized carbons (Fsp3) is 0.529. The number of carbonyl (C=O) groups is 1. The van der Waals surface area contributed by atoms with Crippen molar-refractivity contribution in [1.82, 2.24) is 5.32 Å². The van der Waals surface area contributed by atoms with Crippen molar-refractivity contribution in [3.05, 3.63) is 24.3 Å². The molecule has 1 N–H and O–H groups in total. The summed E-state index contributed by atoms with van der Waals surface area (Å²) in [5.41, 5.74) is 0. The van der Waals surface area contributed by atoms with E-state index in [0.717, 1.165) is 19.1 Å². The summed E-state index contributed by atoms with van der Waals surface area (Å²) in [5.74, 6) is -1.20. The number of hydrogen-bond acceptors (Lipinski definition) is 6. The zero-order valence-electron chi connectivity index (χ0n) is 14.5. The van der Waals surface area contributed by atoms with Crippen LogP contribution in [0.15, 0.2) is 34.1 Å². The van der Waals surface area contributed by atoms with E-state index < -0.39 is 25.6 Å². The standard InChI is InChI=1S/C17H22N2O5S2/c1-25(21,22)14-6-8-15(9-7-14)26(23,24)12-13-4-2-3-5-16(13)17(20)19-11-10-18/h6-9,13,16H,2-5,11-12H2,1H3,(H,19,20)/t13-,16+/m1/s1. The van der Waals surface area contributed by atoms with E-state index in [4.69, 9.17) is 5.26 Å². The average molecular weight is 399 g/mol. The number of nitrogens with one attached hydrogen (secondary N) is 1. The summed E-state index contributed by atoms with van der Waals surface area (Å²) in [4.78, 5) is 12.3. The highest BCUT2D eigenvalue weighted by Gasteiger charge is 2.34. The molecule has 0 aliphatic heterocycles. The van der Waals surface area contributed by atoms with Gasteiger partial charge in [0, 0.05) is 12.2 Å². The molecule has 9 heteroatoms. The summed E-state index contributed by atoms with van der Waals surface area (Å²) in [6, 6.07) is 6.98. The molecule has 1 saturated carbocycles.